The van der Waals surface area contributed by atoms with E-state index in [2.05, 4.69) is 10.4 Å². The maximum Gasteiger partial charge on any atom is 0.359 e. The minimum absolute atomic E-state index is 0.150. The third-order valence-electron chi connectivity index (χ3n) is 4.59. The number of aryl methyl sites for hydroxylation is 1. The molecule has 3 aromatic rings. The predicted molar refractivity (Wildman–Crippen MR) is 115 cm³/mol. The Morgan fingerprint density at radius 2 is 1.71 bits per heavy atom. The first-order valence-electron chi connectivity index (χ1n) is 10.1. The Morgan fingerprint density at radius 1 is 1.00 bits per heavy atom. The predicted octanol–water partition coefficient (Wildman–Crippen LogP) is 2.14. The molecule has 0 saturated heterocycles. The zero-order valence-corrected chi connectivity index (χ0v) is 17.9. The summed E-state index contributed by atoms with van der Waals surface area (Å²) in [4.78, 5) is 48.8. The molecule has 2 aromatic carbocycles. The monoisotopic (exact) mass is 476 g/mol. The molecule has 0 fully saturated rings. The summed E-state index contributed by atoms with van der Waals surface area (Å²) in [5.74, 6) is -7.50. The number of rotatable bonds is 8. The maximum atomic E-state index is 13.6. The topological polar surface area (TPSA) is 119 Å². The van der Waals surface area contributed by atoms with Crippen LogP contribution in [-0.4, -0.2) is 40.7 Å². The molecule has 9 nitrogen and oxygen atoms in total. The fourth-order valence-electron chi connectivity index (χ4n) is 3.00. The molecule has 0 saturated carbocycles. The number of halogens is 3. The van der Waals surface area contributed by atoms with Gasteiger partial charge >= 0.3 is 5.97 Å². The van der Waals surface area contributed by atoms with E-state index < -0.39 is 54.1 Å². The van der Waals surface area contributed by atoms with Crippen LogP contribution in [0, 0.1) is 17.5 Å². The SMILES string of the molecule is CCCn1nc(C(=O)OCC(=O)NCC(=O)Nc2ccc(F)c(F)c2F)c2ccccc2c1=O. The molecule has 0 spiro atoms. The Labute approximate surface area is 190 Å². The van der Waals surface area contributed by atoms with Crippen LogP contribution in [0.4, 0.5) is 18.9 Å². The molecule has 3 rings (SSSR count). The smallest absolute Gasteiger partial charge is 0.359 e. The lowest BCUT2D eigenvalue weighted by atomic mass is 10.1. The van der Waals surface area contributed by atoms with E-state index in [0.717, 1.165) is 10.7 Å². The molecule has 0 unspecified atom stereocenters. The minimum atomic E-state index is -1.75. The molecule has 0 radical (unpaired) electrons. The third-order valence-corrected chi connectivity index (χ3v) is 4.59. The Morgan fingerprint density at radius 3 is 2.41 bits per heavy atom. The minimum Gasteiger partial charge on any atom is -0.451 e. The summed E-state index contributed by atoms with van der Waals surface area (Å²) in [5, 5.41) is 8.70. The van der Waals surface area contributed by atoms with Crippen molar-refractivity contribution >= 4 is 34.2 Å². The van der Waals surface area contributed by atoms with Crippen molar-refractivity contribution in [2.24, 2.45) is 0 Å². The number of anilines is 1. The van der Waals surface area contributed by atoms with Crippen molar-refractivity contribution in [1.29, 1.82) is 0 Å². The number of carbonyl (C=O) groups is 3. The number of benzene rings is 2. The molecule has 178 valence electrons. The summed E-state index contributed by atoms with van der Waals surface area (Å²) >= 11 is 0. The van der Waals surface area contributed by atoms with Gasteiger partial charge in [-0.25, -0.2) is 22.6 Å². The van der Waals surface area contributed by atoms with Gasteiger partial charge in [-0.1, -0.05) is 25.1 Å². The molecule has 0 atom stereocenters. The van der Waals surface area contributed by atoms with Gasteiger partial charge in [0.1, 0.15) is 0 Å². The van der Waals surface area contributed by atoms with Crippen LogP contribution >= 0.6 is 0 Å². The summed E-state index contributed by atoms with van der Waals surface area (Å²) < 4.78 is 45.9. The van der Waals surface area contributed by atoms with Crippen molar-refractivity contribution in [1.82, 2.24) is 15.1 Å². The molecule has 12 heteroatoms. The van der Waals surface area contributed by atoms with E-state index in [1.165, 1.54) is 6.07 Å². The Bertz CT molecular complexity index is 1330. The van der Waals surface area contributed by atoms with Gasteiger partial charge in [-0.2, -0.15) is 5.10 Å². The molecule has 0 aliphatic rings. The molecule has 1 heterocycles. The number of hydrogen-bond acceptors (Lipinski definition) is 6. The normalized spacial score (nSPS) is 10.7. The molecular formula is C22H19F3N4O5. The van der Waals surface area contributed by atoms with Gasteiger partial charge < -0.3 is 15.4 Å². The Balaban J connectivity index is 1.60. The molecule has 0 aliphatic heterocycles. The second-order valence-corrected chi connectivity index (χ2v) is 7.05. The number of carbonyl (C=O) groups excluding carboxylic acids is 3. The summed E-state index contributed by atoms with van der Waals surface area (Å²) in [6.45, 7) is 0.687. The van der Waals surface area contributed by atoms with Crippen LogP contribution in [0.2, 0.25) is 0 Å². The number of aromatic nitrogens is 2. The number of nitrogens with zero attached hydrogens (tertiary/aromatic N) is 2. The summed E-state index contributed by atoms with van der Waals surface area (Å²) in [7, 11) is 0. The van der Waals surface area contributed by atoms with Gasteiger partial charge in [0.25, 0.3) is 11.5 Å². The van der Waals surface area contributed by atoms with Crippen LogP contribution in [0.3, 0.4) is 0 Å². The highest BCUT2D eigenvalue weighted by molar-refractivity contribution is 6.02. The van der Waals surface area contributed by atoms with E-state index in [4.69, 9.17) is 4.74 Å². The first-order valence-corrected chi connectivity index (χ1v) is 10.1. The van der Waals surface area contributed by atoms with E-state index in [1.54, 1.807) is 18.2 Å². The number of hydrogen-bond donors (Lipinski definition) is 2. The average molecular weight is 476 g/mol. The fraction of sp³-hybridized carbons (Fsp3) is 0.227. The van der Waals surface area contributed by atoms with E-state index in [9.17, 15) is 32.3 Å². The molecule has 0 bridgehead atoms. The van der Waals surface area contributed by atoms with Gasteiger partial charge in [-0.05, 0) is 24.6 Å². The van der Waals surface area contributed by atoms with Gasteiger partial charge in [0.2, 0.25) is 5.91 Å². The second-order valence-electron chi connectivity index (χ2n) is 7.05. The Hall–Kier alpha value is -4.22. The molecular weight excluding hydrogens is 457 g/mol. The van der Waals surface area contributed by atoms with Crippen LogP contribution in [0.25, 0.3) is 10.8 Å². The number of esters is 1. The quantitative estimate of drug-likeness (QED) is 0.380. The van der Waals surface area contributed by atoms with Crippen LogP contribution < -0.4 is 16.2 Å². The standard InChI is InChI=1S/C22H19F3N4O5/c1-2-9-29-21(32)13-6-4-3-5-12(13)20(28-29)22(33)34-11-17(31)26-10-16(30)27-15-8-7-14(23)18(24)19(15)25/h3-8H,2,9-11H2,1H3,(H,26,31)(H,27,30). The number of nitrogens with one attached hydrogen (secondary N) is 2. The van der Waals surface area contributed by atoms with Crippen LogP contribution in [0.15, 0.2) is 41.2 Å². The van der Waals surface area contributed by atoms with Crippen molar-refractivity contribution in [2.75, 3.05) is 18.5 Å². The molecule has 0 aliphatic carbocycles. The first-order chi connectivity index (χ1) is 16.2. The number of amides is 2. The Kier molecular flexibility index (Phi) is 7.61. The van der Waals surface area contributed by atoms with Gasteiger partial charge in [0.05, 0.1) is 17.6 Å². The van der Waals surface area contributed by atoms with Gasteiger partial charge in [0, 0.05) is 11.9 Å². The highest BCUT2D eigenvalue weighted by Crippen LogP contribution is 2.19. The largest absolute Gasteiger partial charge is 0.451 e. The lowest BCUT2D eigenvalue weighted by Gasteiger charge is -2.11. The first kappa shape index (κ1) is 24.4. The zero-order valence-electron chi connectivity index (χ0n) is 17.9. The molecule has 2 amide bonds. The summed E-state index contributed by atoms with van der Waals surface area (Å²) in [6.07, 6.45) is 0.596. The lowest BCUT2D eigenvalue weighted by molar-refractivity contribution is -0.126. The van der Waals surface area contributed by atoms with Gasteiger partial charge in [-0.15, -0.1) is 0 Å². The second kappa shape index (κ2) is 10.6. The third kappa shape index (κ3) is 5.39. The van der Waals surface area contributed by atoms with Crippen LogP contribution in [0.1, 0.15) is 23.8 Å². The van der Waals surface area contributed by atoms with Crippen molar-refractivity contribution < 1.29 is 32.3 Å². The maximum absolute atomic E-state index is 13.6. The van der Waals surface area contributed by atoms with Crippen LogP contribution in [0.5, 0.6) is 0 Å². The molecule has 34 heavy (non-hydrogen) atoms. The fourth-order valence-corrected chi connectivity index (χ4v) is 3.00. The molecule has 2 N–H and O–H groups in total. The van der Waals surface area contributed by atoms with E-state index >= 15 is 0 Å². The van der Waals surface area contributed by atoms with Crippen molar-refractivity contribution in [3.63, 3.8) is 0 Å². The summed E-state index contributed by atoms with van der Waals surface area (Å²) in [5.41, 5.74) is -1.12. The van der Waals surface area contributed by atoms with Crippen molar-refractivity contribution in [3.05, 3.63) is 69.9 Å². The van der Waals surface area contributed by atoms with Crippen molar-refractivity contribution in [2.45, 2.75) is 19.9 Å². The number of ether oxygens (including phenoxy) is 1. The van der Waals surface area contributed by atoms with Crippen molar-refractivity contribution in [3.8, 4) is 0 Å². The van der Waals surface area contributed by atoms with Gasteiger partial charge in [0.15, 0.2) is 29.8 Å². The average Bonchev–Trinajstić information content (AvgIpc) is 2.83. The molecule has 1 aromatic heterocycles. The summed E-state index contributed by atoms with van der Waals surface area (Å²) in [6, 6.07) is 7.78. The van der Waals surface area contributed by atoms with Gasteiger partial charge in [-0.3, -0.25) is 14.4 Å². The highest BCUT2D eigenvalue weighted by Gasteiger charge is 2.19. The van der Waals surface area contributed by atoms with E-state index in [-0.39, 0.29) is 28.6 Å². The zero-order chi connectivity index (χ0) is 24.8. The van der Waals surface area contributed by atoms with Crippen LogP contribution in [-0.2, 0) is 20.9 Å². The highest BCUT2D eigenvalue weighted by atomic mass is 19.2. The lowest BCUT2D eigenvalue weighted by Crippen LogP contribution is -2.36. The van der Waals surface area contributed by atoms with E-state index in [0.29, 0.717) is 12.5 Å². The van der Waals surface area contributed by atoms with E-state index in [1.807, 2.05) is 12.2 Å². The number of fused-ring (bicyclic) bond motifs is 1.